The molecule has 0 aliphatic heterocycles. The third-order valence-electron chi connectivity index (χ3n) is 1.54. The topological polar surface area (TPSA) is 12.9 Å². The monoisotopic (exact) mass is 253 g/mol. The van der Waals surface area contributed by atoms with Gasteiger partial charge in [0.2, 0.25) is 0 Å². The Morgan fingerprint density at radius 1 is 1.46 bits per heavy atom. The van der Waals surface area contributed by atoms with Crippen LogP contribution < -0.4 is 0 Å². The van der Waals surface area contributed by atoms with Crippen LogP contribution in [-0.2, 0) is 6.18 Å². The first-order valence-corrected chi connectivity index (χ1v) is 4.50. The van der Waals surface area contributed by atoms with Gasteiger partial charge in [0.05, 0.1) is 0 Å². The number of pyridine rings is 1. The lowest BCUT2D eigenvalue weighted by molar-refractivity contribution is -0.141. The first-order chi connectivity index (χ1) is 5.93. The fourth-order valence-electron chi connectivity index (χ4n) is 0.976. The van der Waals surface area contributed by atoms with Gasteiger partial charge in [0.25, 0.3) is 0 Å². The molecule has 1 aromatic heterocycles. The third-order valence-corrected chi connectivity index (χ3v) is 2.03. The Morgan fingerprint density at radius 3 is 2.46 bits per heavy atom. The van der Waals surface area contributed by atoms with Gasteiger partial charge in [-0.1, -0.05) is 22.0 Å². The van der Waals surface area contributed by atoms with Crippen LogP contribution in [0.15, 0.2) is 18.3 Å². The normalized spacial score (nSPS) is 14.2. The molecule has 1 unspecified atom stereocenters. The summed E-state index contributed by atoms with van der Waals surface area (Å²) in [6, 6.07) is 2.90. The van der Waals surface area contributed by atoms with Crippen LogP contribution in [0.4, 0.5) is 13.2 Å². The van der Waals surface area contributed by atoms with Crippen LogP contribution in [0.3, 0.4) is 0 Å². The standard InChI is InChI=1S/C8H7BrF3N/c1-5(9)6-3-2-4-13-7(6)8(10,11)12/h2-5H,1H3. The fourth-order valence-corrected chi connectivity index (χ4v) is 1.35. The lowest BCUT2D eigenvalue weighted by atomic mass is 10.1. The van der Waals surface area contributed by atoms with Gasteiger partial charge in [-0.3, -0.25) is 4.98 Å². The molecule has 0 N–H and O–H groups in total. The largest absolute Gasteiger partial charge is 0.433 e. The van der Waals surface area contributed by atoms with Gasteiger partial charge in [0, 0.05) is 11.0 Å². The van der Waals surface area contributed by atoms with E-state index in [-0.39, 0.29) is 10.4 Å². The maximum absolute atomic E-state index is 12.3. The zero-order valence-electron chi connectivity index (χ0n) is 6.77. The van der Waals surface area contributed by atoms with Crippen molar-refractivity contribution < 1.29 is 13.2 Å². The molecule has 13 heavy (non-hydrogen) atoms. The van der Waals surface area contributed by atoms with Crippen molar-refractivity contribution in [3.63, 3.8) is 0 Å². The van der Waals surface area contributed by atoms with E-state index in [1.807, 2.05) is 0 Å². The molecule has 1 heterocycles. The van der Waals surface area contributed by atoms with E-state index in [9.17, 15) is 13.2 Å². The summed E-state index contributed by atoms with van der Waals surface area (Å²) in [5.41, 5.74) is -0.658. The minimum atomic E-state index is -4.38. The highest BCUT2D eigenvalue weighted by atomic mass is 79.9. The zero-order chi connectivity index (χ0) is 10.1. The van der Waals surface area contributed by atoms with Crippen LogP contribution in [0, 0.1) is 0 Å². The van der Waals surface area contributed by atoms with Crippen molar-refractivity contribution in [3.05, 3.63) is 29.6 Å². The van der Waals surface area contributed by atoms with E-state index in [4.69, 9.17) is 0 Å². The van der Waals surface area contributed by atoms with E-state index in [0.29, 0.717) is 0 Å². The molecule has 0 radical (unpaired) electrons. The Hall–Kier alpha value is -0.580. The predicted octanol–water partition coefficient (Wildman–Crippen LogP) is 3.56. The lowest BCUT2D eigenvalue weighted by Gasteiger charge is -2.12. The molecule has 0 aliphatic rings. The molecule has 0 bridgehead atoms. The Kier molecular flexibility index (Phi) is 2.95. The van der Waals surface area contributed by atoms with Crippen molar-refractivity contribution in [2.75, 3.05) is 0 Å². The van der Waals surface area contributed by atoms with Crippen LogP contribution in [0.2, 0.25) is 0 Å². The number of hydrogen-bond donors (Lipinski definition) is 0. The van der Waals surface area contributed by atoms with E-state index >= 15 is 0 Å². The van der Waals surface area contributed by atoms with Crippen molar-refractivity contribution in [1.29, 1.82) is 0 Å². The number of alkyl halides is 4. The third kappa shape index (κ3) is 2.43. The molecule has 0 saturated carbocycles. The number of rotatable bonds is 1. The summed E-state index contributed by atoms with van der Waals surface area (Å²) < 4.78 is 37.0. The minimum absolute atomic E-state index is 0.162. The van der Waals surface area contributed by atoms with E-state index in [0.717, 1.165) is 6.20 Å². The summed E-state index contributed by atoms with van der Waals surface area (Å²) in [7, 11) is 0. The summed E-state index contributed by atoms with van der Waals surface area (Å²) >= 11 is 3.09. The van der Waals surface area contributed by atoms with Gasteiger partial charge in [0.15, 0.2) is 0 Å². The van der Waals surface area contributed by atoms with Gasteiger partial charge >= 0.3 is 6.18 Å². The van der Waals surface area contributed by atoms with Crippen molar-refractivity contribution in [2.45, 2.75) is 17.9 Å². The molecule has 0 saturated heterocycles. The average molecular weight is 254 g/mol. The summed E-state index contributed by atoms with van der Waals surface area (Å²) in [6.45, 7) is 1.63. The second kappa shape index (κ2) is 3.65. The quantitative estimate of drug-likeness (QED) is 0.698. The van der Waals surface area contributed by atoms with Crippen molar-refractivity contribution in [1.82, 2.24) is 4.98 Å². The minimum Gasteiger partial charge on any atom is -0.251 e. The molecule has 0 aliphatic carbocycles. The lowest BCUT2D eigenvalue weighted by Crippen LogP contribution is -2.11. The van der Waals surface area contributed by atoms with Crippen molar-refractivity contribution >= 4 is 15.9 Å². The molecule has 0 aromatic carbocycles. The van der Waals surface area contributed by atoms with Gasteiger partial charge in [-0.2, -0.15) is 13.2 Å². The average Bonchev–Trinajstić information content (AvgIpc) is 2.03. The molecule has 5 heteroatoms. The Bertz CT molecular complexity index is 296. The van der Waals surface area contributed by atoms with Gasteiger partial charge in [-0.05, 0) is 18.6 Å². The van der Waals surface area contributed by atoms with E-state index in [1.54, 1.807) is 6.92 Å². The highest BCUT2D eigenvalue weighted by Gasteiger charge is 2.35. The van der Waals surface area contributed by atoms with Crippen LogP contribution in [0.1, 0.15) is 23.0 Å². The molecule has 0 spiro atoms. The highest BCUT2D eigenvalue weighted by Crippen LogP contribution is 2.35. The second-order valence-corrected chi connectivity index (χ2v) is 3.93. The van der Waals surface area contributed by atoms with Crippen LogP contribution in [0.5, 0.6) is 0 Å². The summed E-state index contributed by atoms with van der Waals surface area (Å²) in [5.74, 6) is 0. The van der Waals surface area contributed by atoms with Gasteiger partial charge in [-0.15, -0.1) is 0 Å². The van der Waals surface area contributed by atoms with Gasteiger partial charge < -0.3 is 0 Å². The zero-order valence-corrected chi connectivity index (χ0v) is 8.35. The molecule has 0 amide bonds. The van der Waals surface area contributed by atoms with Crippen molar-refractivity contribution in [2.24, 2.45) is 0 Å². The summed E-state index contributed by atoms with van der Waals surface area (Å²) in [4.78, 5) is 2.97. The highest BCUT2D eigenvalue weighted by molar-refractivity contribution is 9.09. The molecular weight excluding hydrogens is 247 g/mol. The number of hydrogen-bond acceptors (Lipinski definition) is 1. The van der Waals surface area contributed by atoms with Crippen molar-refractivity contribution in [3.8, 4) is 0 Å². The van der Waals surface area contributed by atoms with Gasteiger partial charge in [-0.25, -0.2) is 0 Å². The Balaban J connectivity index is 3.20. The second-order valence-electron chi connectivity index (χ2n) is 2.55. The Labute approximate surface area is 82.1 Å². The smallest absolute Gasteiger partial charge is 0.251 e. The van der Waals surface area contributed by atoms with E-state index in [2.05, 4.69) is 20.9 Å². The van der Waals surface area contributed by atoms with Crippen LogP contribution in [-0.4, -0.2) is 4.98 Å². The molecule has 1 aromatic rings. The molecule has 1 nitrogen and oxygen atoms in total. The SMILES string of the molecule is CC(Br)c1cccnc1C(F)(F)F. The van der Waals surface area contributed by atoms with E-state index in [1.165, 1.54) is 12.1 Å². The first kappa shape index (κ1) is 10.5. The number of nitrogens with zero attached hydrogens (tertiary/aromatic N) is 1. The van der Waals surface area contributed by atoms with Crippen LogP contribution in [0.25, 0.3) is 0 Å². The molecule has 1 rings (SSSR count). The molecule has 72 valence electrons. The van der Waals surface area contributed by atoms with Gasteiger partial charge in [0.1, 0.15) is 5.69 Å². The number of halogens is 4. The maximum Gasteiger partial charge on any atom is 0.433 e. The summed E-state index contributed by atoms with van der Waals surface area (Å²) in [5, 5.41) is 0. The molecule has 1 atom stereocenters. The van der Waals surface area contributed by atoms with Crippen LogP contribution >= 0.6 is 15.9 Å². The number of aromatic nitrogens is 1. The summed E-state index contributed by atoms with van der Waals surface area (Å²) in [6.07, 6.45) is -3.24. The first-order valence-electron chi connectivity index (χ1n) is 3.59. The van der Waals surface area contributed by atoms with E-state index < -0.39 is 11.9 Å². The molecular formula is C8H7BrF3N. The molecule has 0 fully saturated rings. The fraction of sp³-hybridized carbons (Fsp3) is 0.375. The predicted molar refractivity (Wildman–Crippen MR) is 46.6 cm³/mol. The maximum atomic E-state index is 12.3. The Morgan fingerprint density at radius 2 is 2.08 bits per heavy atom.